The van der Waals surface area contributed by atoms with E-state index < -0.39 is 6.17 Å². The number of nitrogens with zero attached hydrogens (tertiary/aromatic N) is 5. The molecule has 7 atom stereocenters. The summed E-state index contributed by atoms with van der Waals surface area (Å²) in [5.74, 6) is 4.88. The van der Waals surface area contributed by atoms with Crippen molar-refractivity contribution < 1.29 is 29.0 Å². The topological polar surface area (TPSA) is 100 Å². The van der Waals surface area contributed by atoms with E-state index in [4.69, 9.17) is 4.84 Å². The number of amides is 2. The summed E-state index contributed by atoms with van der Waals surface area (Å²) >= 11 is 0. The van der Waals surface area contributed by atoms with Gasteiger partial charge in [0.15, 0.2) is 0 Å². The highest BCUT2D eigenvalue weighted by atomic mass is 19.1. The second-order valence-corrected chi connectivity index (χ2v) is 24.2. The van der Waals surface area contributed by atoms with E-state index in [2.05, 4.69) is 26.7 Å². The molecule has 10 fully saturated rings. The third-order valence-corrected chi connectivity index (χ3v) is 19.5. The number of aliphatic hydroxyl groups is 2. The Balaban J connectivity index is 0.000000150. The van der Waals surface area contributed by atoms with Crippen molar-refractivity contribution in [3.05, 3.63) is 0 Å². The zero-order valence-electron chi connectivity index (χ0n) is 42.5. The van der Waals surface area contributed by atoms with Gasteiger partial charge in [-0.3, -0.25) is 19.3 Å². The lowest BCUT2D eigenvalue weighted by Gasteiger charge is -2.47. The van der Waals surface area contributed by atoms with Gasteiger partial charge < -0.3 is 24.9 Å². The van der Waals surface area contributed by atoms with Crippen molar-refractivity contribution in [3.63, 3.8) is 0 Å². The van der Waals surface area contributed by atoms with Gasteiger partial charge in [0.1, 0.15) is 12.2 Å². The Morgan fingerprint density at radius 2 is 1.19 bits per heavy atom. The zero-order chi connectivity index (χ0) is 46.5. The molecule has 67 heavy (non-hydrogen) atoms. The standard InChI is InChI=1S/C27H47N3O3.C16H28FN.C13H23NO2/c31-24-10-8-21(9-11-24)20-30-25(18-23-6-2-3-7-26(23)33-30)27(32)29-16-12-22(13-17-29)19-28-14-4-1-5-15-28;1-12-10-14-4-2-3-5-16(14)18(12)11-13-6-8-15(17)9-7-13;15-10-14-8-6-12(7-9-14)13(16)11-4-2-1-3-5-11/h21-26,31H,1-20H2;12-16H,2-11H2,1H3;10-13,16H,1-9H2. The molecule has 0 spiro atoms. The predicted octanol–water partition coefficient (Wildman–Crippen LogP) is 9.79. The minimum atomic E-state index is -0.500. The lowest BCUT2D eigenvalue weighted by Crippen LogP contribution is -2.58. The third-order valence-electron chi connectivity index (χ3n) is 19.5. The van der Waals surface area contributed by atoms with Gasteiger partial charge in [0.2, 0.25) is 12.3 Å². The van der Waals surface area contributed by atoms with E-state index in [0.29, 0.717) is 35.7 Å². The maximum absolute atomic E-state index is 13.8. The van der Waals surface area contributed by atoms with Crippen LogP contribution in [0.3, 0.4) is 0 Å². The largest absolute Gasteiger partial charge is 0.393 e. The molecule has 5 saturated heterocycles. The monoisotopic (exact) mass is 940 g/mol. The molecule has 0 aromatic heterocycles. The molecule has 7 unspecified atom stereocenters. The van der Waals surface area contributed by atoms with E-state index in [1.54, 1.807) is 0 Å². The normalized spacial score (nSPS) is 37.3. The Bertz CT molecular complexity index is 1430. The van der Waals surface area contributed by atoms with Crippen molar-refractivity contribution in [2.45, 2.75) is 242 Å². The van der Waals surface area contributed by atoms with Crippen molar-refractivity contribution in [2.24, 2.45) is 41.4 Å². The van der Waals surface area contributed by atoms with Crippen molar-refractivity contribution in [1.82, 2.24) is 24.7 Å². The molecule has 11 heteroatoms. The number of alkyl halides is 1. The quantitative estimate of drug-likeness (QED) is 0.209. The summed E-state index contributed by atoms with van der Waals surface area (Å²) in [7, 11) is 0. The Labute approximate surface area is 407 Å². The number of hydroxylamine groups is 2. The first-order chi connectivity index (χ1) is 32.7. The molecule has 5 aliphatic heterocycles. The summed E-state index contributed by atoms with van der Waals surface area (Å²) < 4.78 is 13.2. The Hall–Kier alpha value is -1.37. The number of piperidine rings is 3. The summed E-state index contributed by atoms with van der Waals surface area (Å²) in [4.78, 5) is 40.4. The fourth-order valence-electron chi connectivity index (χ4n) is 15.2. The minimum Gasteiger partial charge on any atom is -0.393 e. The van der Waals surface area contributed by atoms with Crippen molar-refractivity contribution in [1.29, 1.82) is 0 Å². The van der Waals surface area contributed by atoms with Crippen LogP contribution in [0.5, 0.6) is 0 Å². The first-order valence-electron chi connectivity index (χ1n) is 29.1. The zero-order valence-corrected chi connectivity index (χ0v) is 42.5. The van der Waals surface area contributed by atoms with E-state index >= 15 is 0 Å². The van der Waals surface area contributed by atoms with Crippen LogP contribution in [0.1, 0.15) is 200 Å². The molecule has 384 valence electrons. The van der Waals surface area contributed by atoms with E-state index in [0.717, 1.165) is 159 Å². The van der Waals surface area contributed by atoms with Gasteiger partial charge in [-0.15, -0.1) is 0 Å². The molecule has 0 radical (unpaired) electrons. The van der Waals surface area contributed by atoms with Crippen molar-refractivity contribution in [3.8, 4) is 0 Å². The highest BCUT2D eigenvalue weighted by Gasteiger charge is 2.45. The lowest BCUT2D eigenvalue weighted by molar-refractivity contribution is -0.275. The van der Waals surface area contributed by atoms with Crippen LogP contribution in [0.4, 0.5) is 4.39 Å². The van der Waals surface area contributed by atoms with E-state index in [1.165, 1.54) is 129 Å². The molecule has 0 bridgehead atoms. The molecule has 10 aliphatic rings. The van der Waals surface area contributed by atoms with Gasteiger partial charge in [0, 0.05) is 57.9 Å². The van der Waals surface area contributed by atoms with Crippen LogP contribution in [0, 0.1) is 41.4 Å². The molecule has 5 aliphatic carbocycles. The maximum atomic E-state index is 13.8. The number of aliphatic hydroxyl groups excluding tert-OH is 2. The van der Waals surface area contributed by atoms with E-state index in [1.807, 2.05) is 4.90 Å². The highest BCUT2D eigenvalue weighted by molar-refractivity contribution is 5.82. The summed E-state index contributed by atoms with van der Waals surface area (Å²) in [6, 6.07) is 1.55. The predicted molar refractivity (Wildman–Crippen MR) is 266 cm³/mol. The molecule has 2 amide bonds. The molecular weight excluding hydrogens is 842 g/mol. The Morgan fingerprint density at radius 3 is 1.90 bits per heavy atom. The fraction of sp³-hybridized carbons (Fsp3) is 0.964. The van der Waals surface area contributed by atoms with Crippen molar-refractivity contribution >= 4 is 12.3 Å². The number of hydrogen-bond donors (Lipinski definition) is 2. The van der Waals surface area contributed by atoms with Gasteiger partial charge in [-0.05, 0) is 203 Å². The van der Waals surface area contributed by atoms with Gasteiger partial charge in [-0.2, -0.15) is 5.06 Å². The smallest absolute Gasteiger partial charge is 0.242 e. The van der Waals surface area contributed by atoms with Gasteiger partial charge in [-0.1, -0.05) is 51.4 Å². The molecular formula is C56H98FN5O5. The molecule has 5 saturated carbocycles. The summed E-state index contributed by atoms with van der Waals surface area (Å²) in [5, 5.41) is 22.4. The number of carbonyl (C=O) groups excluding carboxylic acids is 2. The Morgan fingerprint density at radius 1 is 0.612 bits per heavy atom. The maximum Gasteiger partial charge on any atom is 0.242 e. The summed E-state index contributed by atoms with van der Waals surface area (Å²) in [6.07, 6.45) is 36.1. The minimum absolute atomic E-state index is 0.102. The van der Waals surface area contributed by atoms with Crippen LogP contribution in [0.15, 0.2) is 0 Å². The molecule has 10 rings (SSSR count). The fourth-order valence-corrected chi connectivity index (χ4v) is 15.2. The number of halogens is 1. The van der Waals surface area contributed by atoms with Crippen LogP contribution in [-0.2, 0) is 14.4 Å². The number of likely N-dealkylation sites (tertiary alicyclic amines) is 4. The Kier molecular flexibility index (Phi) is 20.4. The average molecular weight is 940 g/mol. The molecule has 0 aromatic carbocycles. The van der Waals surface area contributed by atoms with Gasteiger partial charge in [0.25, 0.3) is 0 Å². The van der Waals surface area contributed by atoms with Crippen LogP contribution < -0.4 is 0 Å². The lowest BCUT2D eigenvalue weighted by atomic mass is 9.77. The highest BCUT2D eigenvalue weighted by Crippen LogP contribution is 2.42. The van der Waals surface area contributed by atoms with E-state index in [-0.39, 0.29) is 18.2 Å². The SMILES string of the molecule is CC1CC2CCCCC2N1CC1CCC(F)CC1.O=C(C1CC2CCCCC2ON1CC1CCC(O)CC1)N1CCC(CN2CCCCC2)CC1.O=CN1CCC(C(O)C2CCCCC2)CC1. The third kappa shape index (κ3) is 14.9. The molecule has 2 N–H and O–H groups in total. The number of rotatable bonds is 10. The van der Waals surface area contributed by atoms with Gasteiger partial charge >= 0.3 is 0 Å². The molecule has 0 aromatic rings. The van der Waals surface area contributed by atoms with Crippen LogP contribution >= 0.6 is 0 Å². The number of carbonyl (C=O) groups is 2. The van der Waals surface area contributed by atoms with Crippen LogP contribution in [-0.4, -0.2) is 149 Å². The first-order valence-corrected chi connectivity index (χ1v) is 29.1. The van der Waals surface area contributed by atoms with Crippen molar-refractivity contribution in [2.75, 3.05) is 58.9 Å². The van der Waals surface area contributed by atoms with Crippen LogP contribution in [0.2, 0.25) is 0 Å². The second-order valence-electron chi connectivity index (χ2n) is 24.2. The summed E-state index contributed by atoms with van der Waals surface area (Å²) in [5.41, 5.74) is 0. The van der Waals surface area contributed by atoms with Gasteiger partial charge in [0.05, 0.1) is 18.3 Å². The molecule has 5 heterocycles. The van der Waals surface area contributed by atoms with Gasteiger partial charge in [-0.25, -0.2) is 4.39 Å². The number of hydrogen-bond acceptors (Lipinski definition) is 8. The van der Waals surface area contributed by atoms with E-state index in [9.17, 15) is 24.2 Å². The first kappa shape index (κ1) is 52.0. The number of fused-ring (bicyclic) bond motifs is 2. The molecule has 10 nitrogen and oxygen atoms in total. The van der Waals surface area contributed by atoms with Crippen LogP contribution in [0.25, 0.3) is 0 Å². The second kappa shape index (κ2) is 26.4. The average Bonchev–Trinajstić information content (AvgIpc) is 3.69. The summed E-state index contributed by atoms with van der Waals surface area (Å²) in [6.45, 7) is 11.8.